The monoisotopic (exact) mass is 267 g/mol. The molecule has 1 aromatic heterocycles. The van der Waals surface area contributed by atoms with E-state index in [0.717, 1.165) is 25.7 Å². The smallest absolute Gasteiger partial charge is 0.307 e. The molecule has 0 saturated carbocycles. The first-order chi connectivity index (χ1) is 8.91. The Morgan fingerprint density at radius 2 is 2.42 bits per heavy atom. The van der Waals surface area contributed by atoms with Gasteiger partial charge in [0.25, 0.3) is 0 Å². The van der Waals surface area contributed by atoms with E-state index >= 15 is 0 Å². The predicted octanol–water partition coefficient (Wildman–Crippen LogP) is 0.00450. The topological polar surface area (TPSA) is 102 Å². The van der Waals surface area contributed by atoms with Crippen LogP contribution in [0.5, 0.6) is 0 Å². The van der Waals surface area contributed by atoms with Crippen molar-refractivity contribution in [3.63, 3.8) is 0 Å². The molecule has 1 aliphatic heterocycles. The van der Waals surface area contributed by atoms with E-state index < -0.39 is 10.5 Å². The lowest BCUT2D eigenvalue weighted by atomic mass is 10.0. The molecule has 1 aromatic rings. The van der Waals surface area contributed by atoms with E-state index in [2.05, 4.69) is 15.7 Å². The zero-order valence-corrected chi connectivity index (χ0v) is 10.9. The molecule has 1 unspecified atom stereocenters. The number of nitrogens with zero attached hydrogens (tertiary/aromatic N) is 3. The van der Waals surface area contributed by atoms with E-state index in [1.165, 1.54) is 10.9 Å². The molecule has 2 heterocycles. The minimum atomic E-state index is -0.961. The number of nitrogens with one attached hydrogen (secondary N) is 2. The van der Waals surface area contributed by atoms with Gasteiger partial charge in [0, 0.05) is 12.6 Å². The van der Waals surface area contributed by atoms with Crippen molar-refractivity contribution in [3.8, 4) is 0 Å². The van der Waals surface area contributed by atoms with Crippen LogP contribution in [0.15, 0.2) is 12.4 Å². The SMILES string of the molecule is CC(C)(C(=O)NC1CCNC1)n1cc([N+](=O)[O-])cn1. The molecule has 1 saturated heterocycles. The highest BCUT2D eigenvalue weighted by Gasteiger charge is 2.33. The van der Waals surface area contributed by atoms with Gasteiger partial charge in [0.2, 0.25) is 5.91 Å². The first kappa shape index (κ1) is 13.5. The van der Waals surface area contributed by atoms with Crippen LogP contribution in [0.25, 0.3) is 0 Å². The van der Waals surface area contributed by atoms with Crippen LogP contribution in [0.4, 0.5) is 5.69 Å². The second-order valence-electron chi connectivity index (χ2n) is 5.12. The Kier molecular flexibility index (Phi) is 3.52. The molecular formula is C11H17N5O3. The zero-order valence-electron chi connectivity index (χ0n) is 10.9. The molecule has 0 spiro atoms. The van der Waals surface area contributed by atoms with Gasteiger partial charge in [-0.05, 0) is 26.8 Å². The van der Waals surface area contributed by atoms with Crippen LogP contribution in [0.1, 0.15) is 20.3 Å². The molecule has 104 valence electrons. The van der Waals surface area contributed by atoms with Gasteiger partial charge in [-0.15, -0.1) is 0 Å². The van der Waals surface area contributed by atoms with Crippen molar-refractivity contribution in [2.45, 2.75) is 31.8 Å². The van der Waals surface area contributed by atoms with Crippen LogP contribution in [0.2, 0.25) is 0 Å². The summed E-state index contributed by atoms with van der Waals surface area (Å²) in [7, 11) is 0. The summed E-state index contributed by atoms with van der Waals surface area (Å²) in [5, 5.41) is 20.6. The summed E-state index contributed by atoms with van der Waals surface area (Å²) in [5.74, 6) is -0.195. The van der Waals surface area contributed by atoms with Crippen LogP contribution >= 0.6 is 0 Å². The van der Waals surface area contributed by atoms with Crippen molar-refractivity contribution in [3.05, 3.63) is 22.5 Å². The normalized spacial score (nSPS) is 19.4. The van der Waals surface area contributed by atoms with Gasteiger partial charge in [0.1, 0.15) is 17.9 Å². The van der Waals surface area contributed by atoms with Gasteiger partial charge in [-0.1, -0.05) is 0 Å². The maximum absolute atomic E-state index is 12.2. The molecular weight excluding hydrogens is 250 g/mol. The first-order valence-electron chi connectivity index (χ1n) is 6.12. The molecule has 19 heavy (non-hydrogen) atoms. The van der Waals surface area contributed by atoms with Gasteiger partial charge in [-0.2, -0.15) is 5.10 Å². The van der Waals surface area contributed by atoms with Crippen LogP contribution in [-0.2, 0) is 10.3 Å². The Bertz CT molecular complexity index is 490. The van der Waals surface area contributed by atoms with Crippen molar-refractivity contribution in [1.82, 2.24) is 20.4 Å². The number of carbonyl (C=O) groups excluding carboxylic acids is 1. The number of aromatic nitrogens is 2. The zero-order chi connectivity index (χ0) is 14.0. The minimum absolute atomic E-state index is 0.109. The molecule has 8 heteroatoms. The number of nitro groups is 1. The third-order valence-corrected chi connectivity index (χ3v) is 3.30. The van der Waals surface area contributed by atoms with Crippen molar-refractivity contribution in [2.24, 2.45) is 0 Å². The van der Waals surface area contributed by atoms with E-state index in [1.54, 1.807) is 13.8 Å². The largest absolute Gasteiger partial charge is 0.350 e. The second-order valence-corrected chi connectivity index (χ2v) is 5.12. The summed E-state index contributed by atoms with van der Waals surface area (Å²) in [5.41, 5.74) is -1.08. The van der Waals surface area contributed by atoms with E-state index in [-0.39, 0.29) is 17.6 Å². The molecule has 1 amide bonds. The van der Waals surface area contributed by atoms with E-state index in [1.807, 2.05) is 0 Å². The molecule has 0 bridgehead atoms. The third kappa shape index (κ3) is 2.73. The lowest BCUT2D eigenvalue weighted by Crippen LogP contribution is -2.49. The highest BCUT2D eigenvalue weighted by Crippen LogP contribution is 2.19. The number of amides is 1. The van der Waals surface area contributed by atoms with Gasteiger partial charge >= 0.3 is 5.69 Å². The maximum atomic E-state index is 12.2. The summed E-state index contributed by atoms with van der Waals surface area (Å²) in [4.78, 5) is 22.3. The van der Waals surface area contributed by atoms with Gasteiger partial charge in [0.15, 0.2) is 0 Å². The average molecular weight is 267 g/mol. The first-order valence-corrected chi connectivity index (χ1v) is 6.12. The summed E-state index contributed by atoms with van der Waals surface area (Å²) in [6.07, 6.45) is 3.31. The number of rotatable bonds is 4. The van der Waals surface area contributed by atoms with E-state index in [0.29, 0.717) is 0 Å². The average Bonchev–Trinajstić information content (AvgIpc) is 2.99. The Morgan fingerprint density at radius 1 is 1.68 bits per heavy atom. The number of hydrogen-bond donors (Lipinski definition) is 2. The molecule has 1 fully saturated rings. The molecule has 2 N–H and O–H groups in total. The molecule has 0 radical (unpaired) electrons. The Labute approximate surface area is 110 Å². The Morgan fingerprint density at radius 3 is 2.95 bits per heavy atom. The Hall–Kier alpha value is -1.96. The quantitative estimate of drug-likeness (QED) is 0.590. The number of hydrogen-bond acceptors (Lipinski definition) is 5. The van der Waals surface area contributed by atoms with Gasteiger partial charge in [0.05, 0.1) is 4.92 Å². The second kappa shape index (κ2) is 4.96. The van der Waals surface area contributed by atoms with Gasteiger partial charge < -0.3 is 10.6 Å². The molecule has 8 nitrogen and oxygen atoms in total. The van der Waals surface area contributed by atoms with Crippen LogP contribution < -0.4 is 10.6 Å². The molecule has 0 aromatic carbocycles. The van der Waals surface area contributed by atoms with Crippen molar-refractivity contribution >= 4 is 11.6 Å². The highest BCUT2D eigenvalue weighted by molar-refractivity contribution is 5.83. The van der Waals surface area contributed by atoms with Crippen LogP contribution in [-0.4, -0.2) is 39.7 Å². The van der Waals surface area contributed by atoms with Crippen molar-refractivity contribution in [2.75, 3.05) is 13.1 Å². The fraction of sp³-hybridized carbons (Fsp3) is 0.636. The Balaban J connectivity index is 2.10. The van der Waals surface area contributed by atoms with Crippen molar-refractivity contribution < 1.29 is 9.72 Å². The summed E-state index contributed by atoms with van der Waals surface area (Å²) >= 11 is 0. The highest BCUT2D eigenvalue weighted by atomic mass is 16.6. The fourth-order valence-electron chi connectivity index (χ4n) is 1.96. The van der Waals surface area contributed by atoms with E-state index in [4.69, 9.17) is 0 Å². The maximum Gasteiger partial charge on any atom is 0.307 e. The standard InChI is InChI=1S/C11H17N5O3/c1-11(2,10(17)14-8-3-4-12-5-8)15-7-9(6-13-15)16(18)19/h6-8,12H,3-5H2,1-2H3,(H,14,17). The summed E-state index contributed by atoms with van der Waals surface area (Å²) in [6, 6.07) is 0.109. The molecule has 1 atom stereocenters. The minimum Gasteiger partial charge on any atom is -0.350 e. The predicted molar refractivity (Wildman–Crippen MR) is 67.6 cm³/mol. The fourth-order valence-corrected chi connectivity index (χ4v) is 1.96. The molecule has 1 aliphatic rings. The van der Waals surface area contributed by atoms with Crippen molar-refractivity contribution in [1.29, 1.82) is 0 Å². The summed E-state index contributed by atoms with van der Waals surface area (Å²) < 4.78 is 1.32. The van der Waals surface area contributed by atoms with Crippen LogP contribution in [0, 0.1) is 10.1 Å². The summed E-state index contributed by atoms with van der Waals surface area (Å²) in [6.45, 7) is 5.00. The number of carbonyl (C=O) groups is 1. The van der Waals surface area contributed by atoms with Gasteiger partial charge in [-0.3, -0.25) is 19.6 Å². The third-order valence-electron chi connectivity index (χ3n) is 3.30. The van der Waals surface area contributed by atoms with Crippen LogP contribution in [0.3, 0.4) is 0 Å². The lowest BCUT2D eigenvalue weighted by molar-refractivity contribution is -0.385. The van der Waals surface area contributed by atoms with Gasteiger partial charge in [-0.25, -0.2) is 0 Å². The molecule has 0 aliphatic carbocycles. The van der Waals surface area contributed by atoms with E-state index in [9.17, 15) is 14.9 Å². The lowest BCUT2D eigenvalue weighted by Gasteiger charge is -2.25. The molecule has 2 rings (SSSR count).